The second-order valence-electron chi connectivity index (χ2n) is 8.90. The molecule has 0 unspecified atom stereocenters. The Morgan fingerprint density at radius 2 is 1.64 bits per heavy atom. The first kappa shape index (κ1) is 30.0. The van der Waals surface area contributed by atoms with E-state index in [1.807, 2.05) is 19.1 Å². The molecule has 8 nitrogen and oxygen atoms in total. The molecule has 3 aromatic carbocycles. The monoisotopic (exact) mass is 571 g/mol. The summed E-state index contributed by atoms with van der Waals surface area (Å²) in [6.07, 6.45) is 0.343. The first-order valence-corrected chi connectivity index (χ1v) is 14.5. The minimum absolute atomic E-state index is 0.0367. The van der Waals surface area contributed by atoms with E-state index >= 15 is 0 Å². The fourth-order valence-electron chi connectivity index (χ4n) is 4.24. The highest BCUT2D eigenvalue weighted by molar-refractivity contribution is 7.92. The van der Waals surface area contributed by atoms with Crippen molar-refractivity contribution in [3.8, 4) is 5.75 Å². The molecular formula is C29H34ClN3O5S. The van der Waals surface area contributed by atoms with Gasteiger partial charge in [0.05, 0.1) is 17.7 Å². The minimum Gasteiger partial charge on any atom is -0.497 e. The van der Waals surface area contributed by atoms with Gasteiger partial charge in [0.1, 0.15) is 18.3 Å². The van der Waals surface area contributed by atoms with E-state index in [0.717, 1.165) is 9.87 Å². The number of halogens is 1. The summed E-state index contributed by atoms with van der Waals surface area (Å²) < 4.78 is 34.1. The topological polar surface area (TPSA) is 96.0 Å². The minimum atomic E-state index is -4.16. The van der Waals surface area contributed by atoms with Crippen LogP contribution in [0.4, 0.5) is 5.69 Å². The molecule has 0 spiro atoms. The Labute approximate surface area is 235 Å². The van der Waals surface area contributed by atoms with Gasteiger partial charge in [0.15, 0.2) is 0 Å². The van der Waals surface area contributed by atoms with Crippen LogP contribution in [0.2, 0.25) is 5.02 Å². The van der Waals surface area contributed by atoms with Gasteiger partial charge in [0.25, 0.3) is 10.0 Å². The number of carbonyl (C=O) groups excluding carboxylic acids is 2. The van der Waals surface area contributed by atoms with Crippen molar-refractivity contribution in [2.45, 2.75) is 44.7 Å². The highest BCUT2D eigenvalue weighted by Crippen LogP contribution is 2.31. The lowest BCUT2D eigenvalue weighted by Crippen LogP contribution is -2.52. The van der Waals surface area contributed by atoms with Crippen LogP contribution in [0.3, 0.4) is 0 Å². The quantitative estimate of drug-likeness (QED) is 0.337. The summed E-state index contributed by atoms with van der Waals surface area (Å²) in [5.41, 5.74) is 1.57. The molecule has 0 aliphatic rings. The summed E-state index contributed by atoms with van der Waals surface area (Å²) in [6, 6.07) is 19.2. The zero-order chi connectivity index (χ0) is 28.6. The second kappa shape index (κ2) is 13.5. The molecule has 0 aliphatic carbocycles. The molecule has 0 radical (unpaired) electrons. The van der Waals surface area contributed by atoms with Crippen LogP contribution in [0.1, 0.15) is 31.4 Å². The largest absolute Gasteiger partial charge is 0.497 e. The number of sulfonamides is 1. The van der Waals surface area contributed by atoms with Gasteiger partial charge in [0.2, 0.25) is 11.8 Å². The maximum atomic E-state index is 14.0. The third-order valence-electron chi connectivity index (χ3n) is 6.37. The Balaban J connectivity index is 2.08. The van der Waals surface area contributed by atoms with Crippen LogP contribution in [0.25, 0.3) is 0 Å². The number of hydrogen-bond acceptors (Lipinski definition) is 5. The van der Waals surface area contributed by atoms with Crippen molar-refractivity contribution in [1.82, 2.24) is 10.2 Å². The molecule has 0 aliphatic heterocycles. The van der Waals surface area contributed by atoms with Gasteiger partial charge in [-0.25, -0.2) is 8.42 Å². The number of benzene rings is 3. The van der Waals surface area contributed by atoms with Gasteiger partial charge in [-0.2, -0.15) is 0 Å². The van der Waals surface area contributed by atoms with Crippen LogP contribution in [0.5, 0.6) is 5.75 Å². The van der Waals surface area contributed by atoms with Crippen LogP contribution in [-0.4, -0.2) is 51.4 Å². The van der Waals surface area contributed by atoms with E-state index in [9.17, 15) is 18.0 Å². The van der Waals surface area contributed by atoms with Gasteiger partial charge in [-0.05, 0) is 67.8 Å². The van der Waals surface area contributed by atoms with Gasteiger partial charge >= 0.3 is 0 Å². The van der Waals surface area contributed by atoms with E-state index < -0.39 is 28.5 Å². The summed E-state index contributed by atoms with van der Waals surface area (Å²) in [4.78, 5) is 28.5. The van der Waals surface area contributed by atoms with Gasteiger partial charge in [-0.3, -0.25) is 13.9 Å². The number of nitrogens with zero attached hydrogens (tertiary/aromatic N) is 2. The smallest absolute Gasteiger partial charge is 0.264 e. The molecule has 10 heteroatoms. The zero-order valence-corrected chi connectivity index (χ0v) is 24.1. The molecule has 3 rings (SSSR count). The standard InChI is InChI=1S/C29H34ClN3O5S/c1-5-26(29(35)31-6-2)32(19-22-15-17-23(38-4)18-16-22)28(34)20-33(27-14-10-13-25(30)21(27)3)39(36,37)24-11-8-7-9-12-24/h7-18,26H,5-6,19-20H2,1-4H3,(H,31,35)/t26-/m0/s1. The molecular weight excluding hydrogens is 538 g/mol. The lowest BCUT2D eigenvalue weighted by molar-refractivity contribution is -0.140. The number of methoxy groups -OCH3 is 1. The number of rotatable bonds is 12. The molecule has 1 N–H and O–H groups in total. The van der Waals surface area contributed by atoms with Crippen LogP contribution < -0.4 is 14.4 Å². The fourth-order valence-corrected chi connectivity index (χ4v) is 5.90. The Morgan fingerprint density at radius 1 is 0.974 bits per heavy atom. The highest BCUT2D eigenvalue weighted by Gasteiger charge is 2.34. The van der Waals surface area contributed by atoms with Crippen LogP contribution in [-0.2, 0) is 26.2 Å². The lowest BCUT2D eigenvalue weighted by atomic mass is 10.1. The third kappa shape index (κ3) is 7.10. The second-order valence-corrected chi connectivity index (χ2v) is 11.2. The molecule has 3 aromatic rings. The molecule has 0 fully saturated rings. The Morgan fingerprint density at radius 3 is 2.23 bits per heavy atom. The third-order valence-corrected chi connectivity index (χ3v) is 8.55. The van der Waals surface area contributed by atoms with Crippen molar-refractivity contribution < 1.29 is 22.7 Å². The maximum absolute atomic E-state index is 14.0. The molecule has 208 valence electrons. The Hall–Kier alpha value is -3.56. The van der Waals surface area contributed by atoms with E-state index in [4.69, 9.17) is 16.3 Å². The van der Waals surface area contributed by atoms with E-state index in [2.05, 4.69) is 5.32 Å². The number of nitrogens with one attached hydrogen (secondary N) is 1. The average Bonchev–Trinajstić information content (AvgIpc) is 2.94. The maximum Gasteiger partial charge on any atom is 0.264 e. The first-order valence-electron chi connectivity index (χ1n) is 12.7. The number of anilines is 1. The summed E-state index contributed by atoms with van der Waals surface area (Å²) in [5, 5.41) is 3.16. The van der Waals surface area contributed by atoms with Crippen LogP contribution in [0, 0.1) is 6.92 Å². The molecule has 0 saturated heterocycles. The van der Waals surface area contributed by atoms with Gasteiger partial charge in [-0.15, -0.1) is 0 Å². The number of likely N-dealkylation sites (N-methyl/N-ethyl adjacent to an activating group) is 1. The number of carbonyl (C=O) groups is 2. The summed E-state index contributed by atoms with van der Waals surface area (Å²) >= 11 is 6.35. The summed E-state index contributed by atoms with van der Waals surface area (Å²) in [6.45, 7) is 5.30. The summed E-state index contributed by atoms with van der Waals surface area (Å²) in [7, 11) is -2.59. The van der Waals surface area contributed by atoms with Crippen molar-refractivity contribution in [3.05, 3.63) is 88.9 Å². The average molecular weight is 572 g/mol. The van der Waals surface area contributed by atoms with Crippen molar-refractivity contribution in [2.75, 3.05) is 24.5 Å². The van der Waals surface area contributed by atoms with Gasteiger partial charge < -0.3 is 15.0 Å². The number of amides is 2. The van der Waals surface area contributed by atoms with E-state index in [1.54, 1.807) is 69.5 Å². The van der Waals surface area contributed by atoms with Crippen LogP contribution >= 0.6 is 11.6 Å². The molecule has 39 heavy (non-hydrogen) atoms. The fraction of sp³-hybridized carbons (Fsp3) is 0.310. The number of ether oxygens (including phenoxy) is 1. The van der Waals surface area contributed by atoms with Crippen molar-refractivity contribution in [1.29, 1.82) is 0 Å². The van der Waals surface area contributed by atoms with E-state index in [0.29, 0.717) is 29.3 Å². The molecule has 1 atom stereocenters. The van der Waals surface area contributed by atoms with E-state index in [1.165, 1.54) is 17.0 Å². The number of hydrogen-bond donors (Lipinski definition) is 1. The molecule has 0 heterocycles. The predicted octanol–water partition coefficient (Wildman–Crippen LogP) is 4.80. The molecule has 0 aromatic heterocycles. The Bertz CT molecular complexity index is 1380. The van der Waals surface area contributed by atoms with Crippen molar-refractivity contribution in [2.24, 2.45) is 0 Å². The van der Waals surface area contributed by atoms with Gasteiger partial charge in [-0.1, -0.05) is 54.9 Å². The highest BCUT2D eigenvalue weighted by atomic mass is 35.5. The van der Waals surface area contributed by atoms with E-state index in [-0.39, 0.29) is 23.0 Å². The molecule has 0 saturated carbocycles. The molecule has 2 amide bonds. The van der Waals surface area contributed by atoms with Crippen molar-refractivity contribution in [3.63, 3.8) is 0 Å². The Kier molecular flexibility index (Phi) is 10.4. The molecule has 0 bridgehead atoms. The zero-order valence-electron chi connectivity index (χ0n) is 22.6. The SMILES string of the molecule is CCNC(=O)[C@H](CC)N(Cc1ccc(OC)cc1)C(=O)CN(c1cccc(Cl)c1C)S(=O)(=O)c1ccccc1. The predicted molar refractivity (Wildman–Crippen MR) is 153 cm³/mol. The normalized spacial score (nSPS) is 11.9. The van der Waals surface area contributed by atoms with Gasteiger partial charge in [0, 0.05) is 18.1 Å². The van der Waals surface area contributed by atoms with Crippen molar-refractivity contribution >= 4 is 39.1 Å². The van der Waals surface area contributed by atoms with Crippen LogP contribution in [0.15, 0.2) is 77.7 Å². The lowest BCUT2D eigenvalue weighted by Gasteiger charge is -2.33. The summed E-state index contributed by atoms with van der Waals surface area (Å²) in [5.74, 6) is -0.176. The first-order chi connectivity index (χ1) is 18.6.